The first-order valence-electron chi connectivity index (χ1n) is 9.97. The van der Waals surface area contributed by atoms with E-state index in [1.165, 1.54) is 11.3 Å². The molecule has 0 saturated carbocycles. The number of nitrogens with one attached hydrogen (secondary N) is 2. The van der Waals surface area contributed by atoms with Crippen LogP contribution in [-0.2, 0) is 27.8 Å². The van der Waals surface area contributed by atoms with Gasteiger partial charge in [0.15, 0.2) is 0 Å². The molecule has 0 radical (unpaired) electrons. The van der Waals surface area contributed by atoms with Crippen molar-refractivity contribution in [3.05, 3.63) is 69.1 Å². The smallest absolute Gasteiger partial charge is 0.232 e. The van der Waals surface area contributed by atoms with Crippen molar-refractivity contribution in [1.29, 1.82) is 0 Å². The summed E-state index contributed by atoms with van der Waals surface area (Å²) in [6.07, 6.45) is 0.619. The van der Waals surface area contributed by atoms with Gasteiger partial charge in [-0.3, -0.25) is 9.52 Å². The summed E-state index contributed by atoms with van der Waals surface area (Å²) in [5.74, 6) is 0.489. The molecule has 0 spiro atoms. The van der Waals surface area contributed by atoms with Crippen LogP contribution >= 0.6 is 22.9 Å². The normalized spacial score (nSPS) is 11.2. The molecule has 1 heterocycles. The molecule has 0 unspecified atom stereocenters. The van der Waals surface area contributed by atoms with Crippen LogP contribution in [0.1, 0.15) is 29.6 Å². The van der Waals surface area contributed by atoms with Gasteiger partial charge in [0.05, 0.1) is 23.6 Å². The molecular formula is C22H24ClN3O4S2. The molecule has 0 atom stereocenters. The Kier molecular flexibility index (Phi) is 8.11. The van der Waals surface area contributed by atoms with Crippen LogP contribution in [0.25, 0.3) is 0 Å². The maximum Gasteiger partial charge on any atom is 0.232 e. The van der Waals surface area contributed by atoms with Gasteiger partial charge in [-0.25, -0.2) is 13.4 Å². The van der Waals surface area contributed by atoms with E-state index in [-0.39, 0.29) is 18.1 Å². The van der Waals surface area contributed by atoms with E-state index in [9.17, 15) is 13.2 Å². The van der Waals surface area contributed by atoms with Crippen molar-refractivity contribution in [3.8, 4) is 5.75 Å². The van der Waals surface area contributed by atoms with Gasteiger partial charge >= 0.3 is 0 Å². The molecule has 0 aliphatic carbocycles. The fraction of sp³-hybridized carbons (Fsp3) is 0.273. The van der Waals surface area contributed by atoms with Crippen LogP contribution in [0.4, 0.5) is 11.4 Å². The van der Waals surface area contributed by atoms with Crippen LogP contribution in [0.5, 0.6) is 5.75 Å². The van der Waals surface area contributed by atoms with Crippen molar-refractivity contribution in [1.82, 2.24) is 4.98 Å². The van der Waals surface area contributed by atoms with Crippen molar-refractivity contribution >= 4 is 50.2 Å². The molecule has 3 rings (SSSR count). The number of halogens is 1. The lowest BCUT2D eigenvalue weighted by Gasteiger charge is -2.14. The Hall–Kier alpha value is -2.62. The monoisotopic (exact) mass is 493 g/mol. The summed E-state index contributed by atoms with van der Waals surface area (Å²) in [6, 6.07) is 12.2. The van der Waals surface area contributed by atoms with Crippen molar-refractivity contribution in [3.63, 3.8) is 0 Å². The van der Waals surface area contributed by atoms with Gasteiger partial charge in [0.25, 0.3) is 0 Å². The quantitative estimate of drug-likeness (QED) is 0.413. The second kappa shape index (κ2) is 10.8. The molecule has 0 aliphatic heterocycles. The average Bonchev–Trinajstić information content (AvgIpc) is 3.17. The molecule has 0 saturated heterocycles. The number of amides is 1. The zero-order chi connectivity index (χ0) is 23.1. The number of aromatic nitrogens is 1. The molecule has 2 aromatic carbocycles. The number of carbonyl (C=O) groups excluding carboxylic acids is 1. The molecule has 32 heavy (non-hydrogen) atoms. The van der Waals surface area contributed by atoms with Gasteiger partial charge in [-0.05, 0) is 55.3 Å². The highest BCUT2D eigenvalue weighted by molar-refractivity contribution is 7.92. The summed E-state index contributed by atoms with van der Waals surface area (Å²) in [5.41, 5.74) is 2.29. The van der Waals surface area contributed by atoms with Crippen LogP contribution in [0.3, 0.4) is 0 Å². The van der Waals surface area contributed by atoms with E-state index in [0.717, 1.165) is 5.01 Å². The first kappa shape index (κ1) is 24.0. The molecule has 1 aromatic heterocycles. The number of sulfonamides is 1. The minimum absolute atomic E-state index is 0.0386. The first-order chi connectivity index (χ1) is 15.3. The van der Waals surface area contributed by atoms with Gasteiger partial charge in [0, 0.05) is 16.1 Å². The number of nitrogens with zero attached hydrogens (tertiary/aromatic N) is 1. The van der Waals surface area contributed by atoms with Gasteiger partial charge < -0.3 is 10.1 Å². The van der Waals surface area contributed by atoms with Crippen molar-refractivity contribution in [2.24, 2.45) is 0 Å². The zero-order valence-electron chi connectivity index (χ0n) is 17.7. The van der Waals surface area contributed by atoms with Crippen LogP contribution in [0.15, 0.2) is 47.8 Å². The number of thiazole rings is 1. The van der Waals surface area contributed by atoms with E-state index >= 15 is 0 Å². The van der Waals surface area contributed by atoms with Crippen LogP contribution in [-0.4, -0.2) is 25.1 Å². The highest BCUT2D eigenvalue weighted by Gasteiger charge is 2.14. The molecular weight excluding hydrogens is 470 g/mol. The summed E-state index contributed by atoms with van der Waals surface area (Å²) in [7, 11) is -3.42. The number of ether oxygens (including phenoxy) is 1. The van der Waals surface area contributed by atoms with E-state index in [1.807, 2.05) is 5.38 Å². The lowest BCUT2D eigenvalue weighted by atomic mass is 10.1. The number of hydrogen-bond acceptors (Lipinski definition) is 6. The molecule has 170 valence electrons. The highest BCUT2D eigenvalue weighted by Crippen LogP contribution is 2.25. The molecule has 10 heteroatoms. The number of carbonyl (C=O) groups is 1. The summed E-state index contributed by atoms with van der Waals surface area (Å²) >= 11 is 7.28. The molecule has 0 fully saturated rings. The summed E-state index contributed by atoms with van der Waals surface area (Å²) in [6.45, 7) is 3.86. The predicted octanol–water partition coefficient (Wildman–Crippen LogP) is 5.02. The Balaban J connectivity index is 1.58. The fourth-order valence-electron chi connectivity index (χ4n) is 2.90. The van der Waals surface area contributed by atoms with Crippen molar-refractivity contribution < 1.29 is 17.9 Å². The number of rotatable bonds is 10. The van der Waals surface area contributed by atoms with E-state index < -0.39 is 10.0 Å². The Morgan fingerprint density at radius 1 is 1.16 bits per heavy atom. The van der Waals surface area contributed by atoms with Gasteiger partial charge in [-0.1, -0.05) is 24.6 Å². The van der Waals surface area contributed by atoms with Crippen molar-refractivity contribution in [2.75, 3.05) is 15.8 Å². The van der Waals surface area contributed by atoms with Crippen LogP contribution in [0, 0.1) is 6.92 Å². The Morgan fingerprint density at radius 3 is 2.59 bits per heavy atom. The van der Waals surface area contributed by atoms with E-state index in [0.29, 0.717) is 46.4 Å². The predicted molar refractivity (Wildman–Crippen MR) is 129 cm³/mol. The molecule has 0 aliphatic rings. The second-order valence-electron chi connectivity index (χ2n) is 7.10. The summed E-state index contributed by atoms with van der Waals surface area (Å²) < 4.78 is 32.4. The summed E-state index contributed by atoms with van der Waals surface area (Å²) in [4.78, 5) is 17.0. The Morgan fingerprint density at radius 2 is 1.88 bits per heavy atom. The Labute approximate surface area is 196 Å². The topological polar surface area (TPSA) is 97.4 Å². The van der Waals surface area contributed by atoms with Crippen molar-refractivity contribution in [2.45, 2.75) is 33.3 Å². The number of anilines is 2. The van der Waals surface area contributed by atoms with E-state index in [4.69, 9.17) is 16.3 Å². The lowest BCUT2D eigenvalue weighted by Crippen LogP contribution is -2.18. The lowest BCUT2D eigenvalue weighted by molar-refractivity contribution is -0.115. The third kappa shape index (κ3) is 6.94. The second-order valence-corrected chi connectivity index (χ2v) is 10.3. The maximum atomic E-state index is 12.5. The maximum absolute atomic E-state index is 12.5. The van der Waals surface area contributed by atoms with Gasteiger partial charge in [0.1, 0.15) is 17.4 Å². The van der Waals surface area contributed by atoms with Gasteiger partial charge in [-0.2, -0.15) is 0 Å². The third-order valence-corrected chi connectivity index (χ3v) is 7.06. The SMILES string of the molecule is CCCS(=O)(=O)Nc1cccc(NC(=O)Cc2csc(COc3ccc(Cl)cc3)n2)c1C. The highest BCUT2D eigenvalue weighted by atomic mass is 35.5. The fourth-order valence-corrected chi connectivity index (χ4v) is 4.93. The first-order valence-corrected chi connectivity index (χ1v) is 12.9. The minimum Gasteiger partial charge on any atom is -0.486 e. The molecule has 0 bridgehead atoms. The van der Waals surface area contributed by atoms with Crippen LogP contribution < -0.4 is 14.8 Å². The van der Waals surface area contributed by atoms with Crippen LogP contribution in [0.2, 0.25) is 5.02 Å². The van der Waals surface area contributed by atoms with Gasteiger partial charge in [-0.15, -0.1) is 11.3 Å². The molecule has 1 amide bonds. The molecule has 7 nitrogen and oxygen atoms in total. The standard InChI is InChI=1S/C22H24ClN3O4S2/c1-3-11-32(28,29)26-20-6-4-5-19(15(20)2)25-21(27)12-17-14-31-22(24-17)13-30-18-9-7-16(23)8-10-18/h4-10,14,26H,3,11-13H2,1-2H3,(H,25,27). The molecule has 2 N–H and O–H groups in total. The van der Waals surface area contributed by atoms with Gasteiger partial charge in [0.2, 0.25) is 15.9 Å². The minimum atomic E-state index is -3.42. The average molecular weight is 494 g/mol. The molecule has 3 aromatic rings. The Bertz CT molecular complexity index is 1180. The van der Waals surface area contributed by atoms with E-state index in [2.05, 4.69) is 15.0 Å². The number of benzene rings is 2. The third-order valence-electron chi connectivity index (χ3n) is 4.46. The zero-order valence-corrected chi connectivity index (χ0v) is 20.1. The van der Waals surface area contributed by atoms with E-state index in [1.54, 1.807) is 56.3 Å². The largest absolute Gasteiger partial charge is 0.486 e. The number of hydrogen-bond donors (Lipinski definition) is 2. The summed E-state index contributed by atoms with van der Waals surface area (Å²) in [5, 5.41) is 6.05.